The van der Waals surface area contributed by atoms with Crippen LogP contribution < -0.4 is 4.72 Å². The van der Waals surface area contributed by atoms with Gasteiger partial charge in [0, 0.05) is 18.9 Å². The maximum Gasteiger partial charge on any atom is 0.240 e. The van der Waals surface area contributed by atoms with E-state index in [4.69, 9.17) is 0 Å². The first-order chi connectivity index (χ1) is 12.6. The van der Waals surface area contributed by atoms with Crippen LogP contribution in [0, 0.1) is 0 Å². The minimum Gasteiger partial charge on any atom is -0.241 e. The third-order valence-electron chi connectivity index (χ3n) is 4.22. The second-order valence-corrected chi connectivity index (χ2v) is 7.96. The number of nitrogens with zero attached hydrogens (tertiary/aromatic N) is 2. The van der Waals surface area contributed by atoms with Crippen LogP contribution in [0.2, 0.25) is 0 Å². The van der Waals surface area contributed by atoms with Crippen LogP contribution in [0.4, 0.5) is 0 Å². The van der Waals surface area contributed by atoms with Gasteiger partial charge in [0.15, 0.2) is 0 Å². The number of aryl methyl sites for hydroxylation is 1. The van der Waals surface area contributed by atoms with E-state index in [9.17, 15) is 8.42 Å². The molecule has 1 aromatic heterocycles. The topological polar surface area (TPSA) is 64.0 Å². The van der Waals surface area contributed by atoms with Gasteiger partial charge in [-0.05, 0) is 54.3 Å². The van der Waals surface area contributed by atoms with E-state index in [1.165, 1.54) is 5.56 Å². The lowest BCUT2D eigenvalue weighted by molar-refractivity contribution is 0.581. The zero-order valence-electron chi connectivity index (χ0n) is 14.8. The molecule has 1 heterocycles. The number of hydrogen-bond acceptors (Lipinski definition) is 3. The molecule has 2 aromatic carbocycles. The molecule has 0 aliphatic rings. The molecule has 0 fully saturated rings. The second-order valence-electron chi connectivity index (χ2n) is 6.19. The summed E-state index contributed by atoms with van der Waals surface area (Å²) in [5.74, 6) is 0. The van der Waals surface area contributed by atoms with Gasteiger partial charge >= 0.3 is 0 Å². The van der Waals surface area contributed by atoms with Gasteiger partial charge in [-0.1, -0.05) is 37.6 Å². The molecule has 6 heteroatoms. The fourth-order valence-electron chi connectivity index (χ4n) is 2.67. The number of aromatic nitrogens is 2. The number of nitrogens with one attached hydrogen (secondary N) is 1. The van der Waals surface area contributed by atoms with Crippen LogP contribution in [-0.2, 0) is 23.0 Å². The Morgan fingerprint density at radius 3 is 2.31 bits per heavy atom. The Bertz CT molecular complexity index is 916. The first-order valence-corrected chi connectivity index (χ1v) is 10.2. The summed E-state index contributed by atoms with van der Waals surface area (Å²) in [5, 5.41) is 4.17. The van der Waals surface area contributed by atoms with Crippen LogP contribution in [0.5, 0.6) is 0 Å². The smallest absolute Gasteiger partial charge is 0.240 e. The van der Waals surface area contributed by atoms with Crippen LogP contribution in [0.25, 0.3) is 5.69 Å². The molecule has 0 spiro atoms. The number of rotatable bonds is 8. The Morgan fingerprint density at radius 2 is 1.69 bits per heavy atom. The van der Waals surface area contributed by atoms with E-state index in [1.54, 1.807) is 23.0 Å². The van der Waals surface area contributed by atoms with E-state index in [2.05, 4.69) is 16.7 Å². The quantitative estimate of drug-likeness (QED) is 0.658. The van der Waals surface area contributed by atoms with Gasteiger partial charge in [-0.15, -0.1) is 0 Å². The molecule has 0 amide bonds. The number of benzene rings is 2. The van der Waals surface area contributed by atoms with Gasteiger partial charge in [-0.2, -0.15) is 5.10 Å². The van der Waals surface area contributed by atoms with E-state index in [1.807, 2.05) is 48.7 Å². The van der Waals surface area contributed by atoms with E-state index >= 15 is 0 Å². The van der Waals surface area contributed by atoms with Crippen LogP contribution >= 0.6 is 0 Å². The van der Waals surface area contributed by atoms with Crippen LogP contribution in [0.3, 0.4) is 0 Å². The van der Waals surface area contributed by atoms with Crippen molar-refractivity contribution < 1.29 is 8.42 Å². The Morgan fingerprint density at radius 1 is 1.00 bits per heavy atom. The van der Waals surface area contributed by atoms with Crippen LogP contribution in [0.1, 0.15) is 30.9 Å². The summed E-state index contributed by atoms with van der Waals surface area (Å²) in [7, 11) is -3.52. The fraction of sp³-hybridized carbons (Fsp3) is 0.250. The summed E-state index contributed by atoms with van der Waals surface area (Å²) >= 11 is 0. The second kappa shape index (κ2) is 8.29. The van der Waals surface area contributed by atoms with E-state index < -0.39 is 10.0 Å². The van der Waals surface area contributed by atoms with Crippen molar-refractivity contribution in [3.63, 3.8) is 0 Å². The minimum atomic E-state index is -3.52. The van der Waals surface area contributed by atoms with E-state index in [0.29, 0.717) is 4.90 Å². The molecule has 3 rings (SSSR count). The van der Waals surface area contributed by atoms with Crippen molar-refractivity contribution >= 4 is 10.0 Å². The molecule has 3 aromatic rings. The molecular weight excluding hydrogens is 346 g/mol. The minimum absolute atomic E-state index is 0.249. The Hall–Kier alpha value is -2.44. The number of unbranched alkanes of at least 4 members (excludes halogenated alkanes) is 1. The van der Waals surface area contributed by atoms with Crippen molar-refractivity contribution in [2.45, 2.75) is 37.6 Å². The Kier molecular flexibility index (Phi) is 5.85. The zero-order valence-corrected chi connectivity index (χ0v) is 15.6. The summed E-state index contributed by atoms with van der Waals surface area (Å²) in [6, 6.07) is 16.6. The summed E-state index contributed by atoms with van der Waals surface area (Å²) in [6.45, 7) is 2.39. The molecule has 136 valence electrons. The first kappa shape index (κ1) is 18.4. The molecule has 0 aliphatic heterocycles. The molecule has 0 saturated heterocycles. The predicted octanol–water partition coefficient (Wildman–Crippen LogP) is 3.69. The van der Waals surface area contributed by atoms with Crippen LogP contribution in [-0.4, -0.2) is 18.2 Å². The average Bonchev–Trinajstić information content (AvgIpc) is 3.20. The van der Waals surface area contributed by atoms with E-state index in [-0.39, 0.29) is 6.54 Å². The maximum atomic E-state index is 12.5. The summed E-state index contributed by atoms with van der Waals surface area (Å²) in [5.41, 5.74) is 2.99. The first-order valence-electron chi connectivity index (χ1n) is 8.76. The zero-order chi connectivity index (χ0) is 18.4. The molecular formula is C20H23N3O2S. The fourth-order valence-corrected chi connectivity index (χ4v) is 3.68. The maximum absolute atomic E-state index is 12.5. The standard InChI is InChI=1S/C20H23N3O2S/c1-2-3-5-17-8-12-20(13-9-17)26(24,25)22-16-18-6-10-19(11-7-18)23-15-4-14-21-23/h4,6-15,22H,2-3,5,16H2,1H3. The largest absolute Gasteiger partial charge is 0.241 e. The van der Waals surface area contributed by atoms with Gasteiger partial charge in [0.05, 0.1) is 10.6 Å². The van der Waals surface area contributed by atoms with Crippen molar-refractivity contribution in [1.29, 1.82) is 0 Å². The van der Waals surface area contributed by atoms with Crippen molar-refractivity contribution in [2.24, 2.45) is 0 Å². The molecule has 0 saturated carbocycles. The van der Waals surface area contributed by atoms with Crippen molar-refractivity contribution in [1.82, 2.24) is 14.5 Å². The molecule has 0 unspecified atom stereocenters. The highest BCUT2D eigenvalue weighted by Crippen LogP contribution is 2.14. The summed E-state index contributed by atoms with van der Waals surface area (Å²) in [6.07, 6.45) is 6.80. The normalized spacial score (nSPS) is 11.6. The Labute approximate surface area is 154 Å². The monoisotopic (exact) mass is 369 g/mol. The van der Waals surface area contributed by atoms with Crippen molar-refractivity contribution in [3.8, 4) is 5.69 Å². The SMILES string of the molecule is CCCCc1ccc(S(=O)(=O)NCc2ccc(-n3cccn3)cc2)cc1. The summed E-state index contributed by atoms with van der Waals surface area (Å²) in [4.78, 5) is 0.297. The summed E-state index contributed by atoms with van der Waals surface area (Å²) < 4.78 is 29.3. The Balaban J connectivity index is 1.62. The highest BCUT2D eigenvalue weighted by Gasteiger charge is 2.13. The number of sulfonamides is 1. The average molecular weight is 369 g/mol. The van der Waals surface area contributed by atoms with Crippen molar-refractivity contribution in [2.75, 3.05) is 0 Å². The van der Waals surface area contributed by atoms with Gasteiger partial charge in [0.2, 0.25) is 10.0 Å². The highest BCUT2D eigenvalue weighted by molar-refractivity contribution is 7.89. The molecule has 26 heavy (non-hydrogen) atoms. The molecule has 1 N–H and O–H groups in total. The molecule has 0 atom stereocenters. The molecule has 0 bridgehead atoms. The van der Waals surface area contributed by atoms with Gasteiger partial charge < -0.3 is 0 Å². The predicted molar refractivity (Wildman–Crippen MR) is 103 cm³/mol. The van der Waals surface area contributed by atoms with Crippen LogP contribution in [0.15, 0.2) is 71.9 Å². The lowest BCUT2D eigenvalue weighted by atomic mass is 10.1. The lowest BCUT2D eigenvalue weighted by Gasteiger charge is -2.09. The van der Waals surface area contributed by atoms with Gasteiger partial charge in [-0.3, -0.25) is 0 Å². The van der Waals surface area contributed by atoms with E-state index in [0.717, 1.165) is 30.5 Å². The third-order valence-corrected chi connectivity index (χ3v) is 5.64. The molecule has 0 aliphatic carbocycles. The van der Waals surface area contributed by atoms with Gasteiger partial charge in [0.25, 0.3) is 0 Å². The molecule has 0 radical (unpaired) electrons. The van der Waals surface area contributed by atoms with Gasteiger partial charge in [-0.25, -0.2) is 17.8 Å². The van der Waals surface area contributed by atoms with Crippen molar-refractivity contribution in [3.05, 3.63) is 78.1 Å². The lowest BCUT2D eigenvalue weighted by Crippen LogP contribution is -2.23. The van der Waals surface area contributed by atoms with Gasteiger partial charge in [0.1, 0.15) is 0 Å². The number of hydrogen-bond donors (Lipinski definition) is 1. The highest BCUT2D eigenvalue weighted by atomic mass is 32.2. The molecule has 5 nitrogen and oxygen atoms in total. The third kappa shape index (κ3) is 4.59.